The Balaban J connectivity index is 1.75. The third-order valence-electron chi connectivity index (χ3n) is 3.95. The summed E-state index contributed by atoms with van der Waals surface area (Å²) in [5.41, 5.74) is 0.991. The number of ether oxygens (including phenoxy) is 1. The summed E-state index contributed by atoms with van der Waals surface area (Å²) in [4.78, 5) is 30.6. The number of carbonyl (C=O) groups is 2. The summed E-state index contributed by atoms with van der Waals surface area (Å²) in [7, 11) is 3.15. The van der Waals surface area contributed by atoms with E-state index in [0.717, 1.165) is 0 Å². The van der Waals surface area contributed by atoms with Crippen molar-refractivity contribution in [3.8, 4) is 5.75 Å². The summed E-state index contributed by atoms with van der Waals surface area (Å²) in [6.45, 7) is 0. The molecule has 2 amide bonds. The maximum atomic E-state index is 13.4. The Morgan fingerprint density at radius 1 is 1.30 bits per heavy atom. The summed E-state index contributed by atoms with van der Waals surface area (Å²) in [6.07, 6.45) is 0.0608. The van der Waals surface area contributed by atoms with Gasteiger partial charge in [-0.3, -0.25) is 14.5 Å². The summed E-state index contributed by atoms with van der Waals surface area (Å²) < 4.78 is 18.5. The zero-order chi connectivity index (χ0) is 19.4. The van der Waals surface area contributed by atoms with Crippen molar-refractivity contribution in [2.45, 2.75) is 11.7 Å². The van der Waals surface area contributed by atoms with E-state index >= 15 is 0 Å². The van der Waals surface area contributed by atoms with Gasteiger partial charge >= 0.3 is 0 Å². The molecule has 0 saturated carbocycles. The maximum absolute atomic E-state index is 13.4. The highest BCUT2D eigenvalue weighted by molar-refractivity contribution is 8.15. The minimum Gasteiger partial charge on any atom is -0.497 e. The van der Waals surface area contributed by atoms with Crippen LogP contribution < -0.4 is 10.1 Å². The number of benzene rings is 2. The predicted octanol–water partition coefficient (Wildman–Crippen LogP) is 3.42. The van der Waals surface area contributed by atoms with E-state index in [9.17, 15) is 14.0 Å². The van der Waals surface area contributed by atoms with E-state index in [4.69, 9.17) is 4.74 Å². The lowest BCUT2D eigenvalue weighted by Crippen LogP contribution is -2.43. The molecule has 1 aliphatic rings. The molecule has 6 nitrogen and oxygen atoms in total. The van der Waals surface area contributed by atoms with Crippen LogP contribution in [0.25, 0.3) is 0 Å². The van der Waals surface area contributed by atoms with Crippen molar-refractivity contribution in [2.75, 3.05) is 19.5 Å². The molecular formula is C19H18FN3O3S. The first kappa shape index (κ1) is 18.9. The van der Waals surface area contributed by atoms with E-state index in [1.165, 1.54) is 34.9 Å². The Hall–Kier alpha value is -2.87. The lowest BCUT2D eigenvalue weighted by Gasteiger charge is -2.28. The topological polar surface area (TPSA) is 71.0 Å². The van der Waals surface area contributed by atoms with Crippen molar-refractivity contribution in [3.05, 3.63) is 54.3 Å². The lowest BCUT2D eigenvalue weighted by atomic mass is 10.2. The molecule has 0 aliphatic carbocycles. The van der Waals surface area contributed by atoms with Gasteiger partial charge in [-0.15, -0.1) is 0 Å². The van der Waals surface area contributed by atoms with E-state index in [1.54, 1.807) is 44.5 Å². The number of carbonyl (C=O) groups excluding carboxylic acids is 2. The van der Waals surface area contributed by atoms with Crippen LogP contribution in [0, 0.1) is 5.82 Å². The van der Waals surface area contributed by atoms with E-state index in [1.807, 2.05) is 0 Å². The number of thioether (sulfide) groups is 1. The largest absolute Gasteiger partial charge is 0.497 e. The van der Waals surface area contributed by atoms with Crippen molar-refractivity contribution in [3.63, 3.8) is 0 Å². The monoisotopic (exact) mass is 387 g/mol. The molecule has 1 saturated heterocycles. The van der Waals surface area contributed by atoms with E-state index in [-0.39, 0.29) is 18.2 Å². The van der Waals surface area contributed by atoms with Gasteiger partial charge in [0.25, 0.3) is 0 Å². The van der Waals surface area contributed by atoms with Crippen LogP contribution in [-0.4, -0.2) is 41.3 Å². The molecule has 1 aliphatic heterocycles. The van der Waals surface area contributed by atoms with Crippen LogP contribution in [0.4, 0.5) is 15.8 Å². The Morgan fingerprint density at radius 2 is 2.04 bits per heavy atom. The second-order valence-electron chi connectivity index (χ2n) is 5.86. The Kier molecular flexibility index (Phi) is 5.75. The highest BCUT2D eigenvalue weighted by Gasteiger charge is 2.34. The number of hydrogen-bond acceptors (Lipinski definition) is 5. The quantitative estimate of drug-likeness (QED) is 0.873. The number of methoxy groups -OCH3 is 1. The minimum absolute atomic E-state index is 0.0608. The molecule has 0 aromatic heterocycles. The number of amidine groups is 1. The third kappa shape index (κ3) is 4.65. The van der Waals surface area contributed by atoms with Gasteiger partial charge in [0.05, 0.1) is 12.8 Å². The average molecular weight is 387 g/mol. The van der Waals surface area contributed by atoms with Crippen molar-refractivity contribution in [2.24, 2.45) is 4.99 Å². The van der Waals surface area contributed by atoms with Gasteiger partial charge in [-0.1, -0.05) is 17.8 Å². The van der Waals surface area contributed by atoms with Crippen molar-refractivity contribution < 1.29 is 18.7 Å². The summed E-state index contributed by atoms with van der Waals surface area (Å²) in [5, 5.41) is 2.52. The fourth-order valence-corrected chi connectivity index (χ4v) is 3.52. The molecule has 2 aromatic carbocycles. The van der Waals surface area contributed by atoms with E-state index in [0.29, 0.717) is 22.3 Å². The molecule has 0 spiro atoms. The molecule has 0 bridgehead atoms. The average Bonchev–Trinajstić information content (AvgIpc) is 2.66. The zero-order valence-electron chi connectivity index (χ0n) is 14.8. The second kappa shape index (κ2) is 8.22. The Bertz CT molecular complexity index is 886. The molecule has 1 N–H and O–H groups in total. The number of nitrogens with one attached hydrogen (secondary N) is 1. The highest BCUT2D eigenvalue weighted by Crippen LogP contribution is 2.29. The normalized spacial score (nSPS) is 18.5. The Morgan fingerprint density at radius 3 is 2.70 bits per heavy atom. The number of amides is 2. The number of halogens is 1. The standard InChI is InChI=1S/C19H18FN3O3S/c1-23-17(24)11-16(18(25)21-13-6-8-15(26-2)9-7-13)27-19(23)22-14-5-3-4-12(20)10-14/h3-10,16H,11H2,1-2H3,(H,21,25)/t16-/m0/s1. The summed E-state index contributed by atoms with van der Waals surface area (Å²) in [6, 6.07) is 12.7. The Labute approximate surface area is 160 Å². The van der Waals surface area contributed by atoms with Crippen molar-refractivity contribution >= 4 is 40.1 Å². The van der Waals surface area contributed by atoms with E-state index < -0.39 is 11.1 Å². The first-order valence-corrected chi connectivity index (χ1v) is 9.06. The van der Waals surface area contributed by atoms with Crippen LogP contribution in [0.2, 0.25) is 0 Å². The maximum Gasteiger partial charge on any atom is 0.238 e. The third-order valence-corrected chi connectivity index (χ3v) is 5.19. The molecule has 1 heterocycles. The number of aliphatic imine (C=N–C) groups is 1. The van der Waals surface area contributed by atoms with Crippen LogP contribution in [0.1, 0.15) is 6.42 Å². The summed E-state index contributed by atoms with van der Waals surface area (Å²) >= 11 is 1.17. The van der Waals surface area contributed by atoms with Gasteiger partial charge in [-0.05, 0) is 42.5 Å². The van der Waals surface area contributed by atoms with Gasteiger partial charge in [0.15, 0.2) is 5.17 Å². The van der Waals surface area contributed by atoms with Crippen molar-refractivity contribution in [1.82, 2.24) is 4.90 Å². The van der Waals surface area contributed by atoms with Crippen LogP contribution in [0.3, 0.4) is 0 Å². The van der Waals surface area contributed by atoms with Gasteiger partial charge in [-0.25, -0.2) is 9.38 Å². The molecule has 0 radical (unpaired) electrons. The van der Waals surface area contributed by atoms with Crippen LogP contribution in [-0.2, 0) is 9.59 Å². The molecule has 1 fully saturated rings. The molecule has 140 valence electrons. The first-order valence-electron chi connectivity index (χ1n) is 8.18. The highest BCUT2D eigenvalue weighted by atomic mass is 32.2. The van der Waals surface area contributed by atoms with Gasteiger partial charge in [0.1, 0.15) is 16.8 Å². The molecule has 2 aromatic rings. The van der Waals surface area contributed by atoms with Gasteiger partial charge in [0.2, 0.25) is 11.8 Å². The van der Waals surface area contributed by atoms with Gasteiger partial charge < -0.3 is 10.1 Å². The molecule has 0 unspecified atom stereocenters. The van der Waals surface area contributed by atoms with Crippen LogP contribution >= 0.6 is 11.8 Å². The number of nitrogens with zero attached hydrogens (tertiary/aromatic N) is 2. The van der Waals surface area contributed by atoms with E-state index in [2.05, 4.69) is 10.3 Å². The molecule has 3 rings (SSSR count). The lowest BCUT2D eigenvalue weighted by molar-refractivity contribution is -0.128. The SMILES string of the molecule is COc1ccc(NC(=O)[C@@H]2CC(=O)N(C)C(=Nc3cccc(F)c3)S2)cc1. The fourth-order valence-electron chi connectivity index (χ4n) is 2.45. The van der Waals surface area contributed by atoms with Crippen LogP contribution in [0.5, 0.6) is 5.75 Å². The van der Waals surface area contributed by atoms with Crippen LogP contribution in [0.15, 0.2) is 53.5 Å². The predicted molar refractivity (Wildman–Crippen MR) is 104 cm³/mol. The fraction of sp³-hybridized carbons (Fsp3) is 0.211. The number of anilines is 1. The number of rotatable bonds is 4. The minimum atomic E-state index is -0.622. The molecule has 8 heteroatoms. The first-order chi connectivity index (χ1) is 13.0. The van der Waals surface area contributed by atoms with Gasteiger partial charge in [0, 0.05) is 19.2 Å². The molecule has 1 atom stereocenters. The van der Waals surface area contributed by atoms with Gasteiger partial charge in [-0.2, -0.15) is 0 Å². The molecular weight excluding hydrogens is 369 g/mol. The molecule has 27 heavy (non-hydrogen) atoms. The zero-order valence-corrected chi connectivity index (χ0v) is 15.6. The smallest absolute Gasteiger partial charge is 0.238 e. The second-order valence-corrected chi connectivity index (χ2v) is 7.03. The summed E-state index contributed by atoms with van der Waals surface area (Å²) in [5.74, 6) is -0.251. The van der Waals surface area contributed by atoms with Crippen molar-refractivity contribution in [1.29, 1.82) is 0 Å². The number of hydrogen-bond donors (Lipinski definition) is 1.